The fraction of sp³-hybridized carbons (Fsp3) is 0.364. The number of rotatable bonds is 6. The highest BCUT2D eigenvalue weighted by Gasteiger charge is 2.55. The van der Waals surface area contributed by atoms with E-state index in [4.69, 9.17) is 16.7 Å². The van der Waals surface area contributed by atoms with E-state index in [1.54, 1.807) is 23.2 Å². The first-order chi connectivity index (χ1) is 15.3. The highest BCUT2D eigenvalue weighted by Crippen LogP contribution is 2.40. The van der Waals surface area contributed by atoms with Gasteiger partial charge in [0.1, 0.15) is 12.1 Å². The zero-order chi connectivity index (χ0) is 23.0. The van der Waals surface area contributed by atoms with Crippen LogP contribution in [-0.2, 0) is 0 Å². The summed E-state index contributed by atoms with van der Waals surface area (Å²) in [4.78, 5) is 37.6. The standard InChI is InChI=1S/C22H26ClN7O2/c1-26(2)13-28-19-18(15-7-9-17(23)10-8-15)29(14-27(3)4)25-20(19)30(22(28)32)21(31)16-6-5-11-24-12-16/h5-12,18-19H,13-14H2,1-4H3. The number of carbonyl (C=O) groups is 2. The van der Waals surface area contributed by atoms with Gasteiger partial charge in [0.05, 0.1) is 18.9 Å². The molecule has 3 heterocycles. The molecule has 168 valence electrons. The number of urea groups is 1. The Hall–Kier alpha value is -3.01. The number of imide groups is 1. The number of benzene rings is 1. The first kappa shape index (κ1) is 22.2. The van der Waals surface area contributed by atoms with Crippen molar-refractivity contribution >= 4 is 29.4 Å². The maximum absolute atomic E-state index is 13.5. The van der Waals surface area contributed by atoms with Gasteiger partial charge in [0.15, 0.2) is 5.84 Å². The SMILES string of the molecule is CN(C)CN1N=C2C(C1c1ccc(Cl)cc1)N(CN(C)C)C(=O)N2C(=O)c1cccnc1. The number of hydrogen-bond donors (Lipinski definition) is 0. The number of halogens is 1. The second kappa shape index (κ2) is 8.85. The predicted molar refractivity (Wildman–Crippen MR) is 122 cm³/mol. The van der Waals surface area contributed by atoms with Crippen LogP contribution >= 0.6 is 11.6 Å². The molecule has 32 heavy (non-hydrogen) atoms. The van der Waals surface area contributed by atoms with Gasteiger partial charge in [0.2, 0.25) is 0 Å². The fourth-order valence-corrected chi connectivity index (χ4v) is 4.20. The average molecular weight is 456 g/mol. The topological polar surface area (TPSA) is 75.6 Å². The number of hydrazone groups is 1. The molecule has 0 spiro atoms. The number of aromatic nitrogens is 1. The number of carbonyl (C=O) groups excluding carboxylic acids is 2. The molecule has 4 rings (SSSR count). The Balaban J connectivity index is 1.80. The molecule has 1 aromatic carbocycles. The molecule has 1 fully saturated rings. The number of amidine groups is 1. The van der Waals surface area contributed by atoms with Gasteiger partial charge in [-0.15, -0.1) is 0 Å². The smallest absolute Gasteiger partial charge is 0.298 e. The summed E-state index contributed by atoms with van der Waals surface area (Å²) in [5.74, 6) is -0.0119. The van der Waals surface area contributed by atoms with E-state index in [0.29, 0.717) is 29.8 Å². The number of fused-ring (bicyclic) bond motifs is 1. The van der Waals surface area contributed by atoms with Crippen molar-refractivity contribution in [1.29, 1.82) is 0 Å². The van der Waals surface area contributed by atoms with Crippen LogP contribution < -0.4 is 0 Å². The normalized spacial score (nSPS) is 20.4. The molecule has 0 aliphatic carbocycles. The van der Waals surface area contributed by atoms with Crippen LogP contribution in [-0.4, -0.2) is 94.9 Å². The lowest BCUT2D eigenvalue weighted by molar-refractivity contribution is 0.0789. The molecular weight excluding hydrogens is 430 g/mol. The molecule has 2 unspecified atom stereocenters. The molecule has 1 saturated heterocycles. The molecule has 0 bridgehead atoms. The summed E-state index contributed by atoms with van der Waals surface area (Å²) in [6.07, 6.45) is 3.05. The van der Waals surface area contributed by atoms with E-state index >= 15 is 0 Å². The Bertz CT molecular complexity index is 1030. The monoisotopic (exact) mass is 455 g/mol. The van der Waals surface area contributed by atoms with E-state index < -0.39 is 11.9 Å². The number of pyridine rings is 1. The summed E-state index contributed by atoms with van der Waals surface area (Å²) in [5, 5.41) is 7.34. The maximum atomic E-state index is 13.5. The van der Waals surface area contributed by atoms with E-state index in [2.05, 4.69) is 4.98 Å². The third-order valence-corrected chi connectivity index (χ3v) is 5.56. The first-order valence-corrected chi connectivity index (χ1v) is 10.6. The second-order valence-electron chi connectivity index (χ2n) is 8.42. The van der Waals surface area contributed by atoms with Crippen molar-refractivity contribution in [2.45, 2.75) is 12.1 Å². The van der Waals surface area contributed by atoms with E-state index in [1.165, 1.54) is 11.1 Å². The van der Waals surface area contributed by atoms with Crippen molar-refractivity contribution in [3.63, 3.8) is 0 Å². The van der Waals surface area contributed by atoms with Gasteiger partial charge < -0.3 is 0 Å². The number of amides is 3. The third-order valence-electron chi connectivity index (χ3n) is 5.30. The number of hydrogen-bond acceptors (Lipinski definition) is 7. The van der Waals surface area contributed by atoms with Crippen LogP contribution in [0, 0.1) is 0 Å². The van der Waals surface area contributed by atoms with Gasteiger partial charge in [-0.25, -0.2) is 9.69 Å². The van der Waals surface area contributed by atoms with Gasteiger partial charge in [-0.05, 0) is 58.0 Å². The van der Waals surface area contributed by atoms with E-state index in [9.17, 15) is 9.59 Å². The molecule has 10 heteroatoms. The van der Waals surface area contributed by atoms with Gasteiger partial charge in [-0.2, -0.15) is 5.10 Å². The summed E-state index contributed by atoms with van der Waals surface area (Å²) < 4.78 is 0. The lowest BCUT2D eigenvalue weighted by atomic mass is 9.98. The van der Waals surface area contributed by atoms with Gasteiger partial charge in [0, 0.05) is 17.4 Å². The van der Waals surface area contributed by atoms with E-state index in [0.717, 1.165) is 5.56 Å². The van der Waals surface area contributed by atoms with Crippen LogP contribution in [0.25, 0.3) is 0 Å². The van der Waals surface area contributed by atoms with Crippen LogP contribution in [0.3, 0.4) is 0 Å². The minimum Gasteiger partial charge on any atom is -0.298 e. The molecule has 9 nitrogen and oxygen atoms in total. The highest BCUT2D eigenvalue weighted by molar-refractivity contribution is 6.30. The van der Waals surface area contributed by atoms with Crippen LogP contribution in [0.4, 0.5) is 4.79 Å². The summed E-state index contributed by atoms with van der Waals surface area (Å²) >= 11 is 6.12. The summed E-state index contributed by atoms with van der Waals surface area (Å²) in [6.45, 7) is 0.867. The molecule has 3 amide bonds. The van der Waals surface area contributed by atoms with E-state index in [-0.39, 0.29) is 12.1 Å². The van der Waals surface area contributed by atoms with Crippen molar-refractivity contribution in [2.24, 2.45) is 5.10 Å². The Morgan fingerprint density at radius 3 is 2.31 bits per heavy atom. The molecule has 1 aromatic heterocycles. The molecule has 2 aliphatic rings. The van der Waals surface area contributed by atoms with Crippen LogP contribution in [0.1, 0.15) is 22.0 Å². The summed E-state index contributed by atoms with van der Waals surface area (Å²) in [5.41, 5.74) is 1.30. The minimum atomic E-state index is -0.435. The van der Waals surface area contributed by atoms with E-state index in [1.807, 2.05) is 67.3 Å². The Morgan fingerprint density at radius 2 is 1.72 bits per heavy atom. The fourth-order valence-electron chi connectivity index (χ4n) is 4.08. The predicted octanol–water partition coefficient (Wildman–Crippen LogP) is 2.39. The van der Waals surface area contributed by atoms with Gasteiger partial charge >= 0.3 is 6.03 Å². The summed E-state index contributed by atoms with van der Waals surface area (Å²) in [7, 11) is 7.68. The van der Waals surface area contributed by atoms with Crippen molar-refractivity contribution in [3.05, 3.63) is 64.9 Å². The van der Waals surface area contributed by atoms with Gasteiger partial charge in [-0.1, -0.05) is 23.7 Å². The third kappa shape index (κ3) is 4.06. The molecule has 2 aromatic rings. The lowest BCUT2D eigenvalue weighted by Crippen LogP contribution is -2.46. The molecule has 2 atom stereocenters. The number of nitrogens with zero attached hydrogens (tertiary/aromatic N) is 7. The van der Waals surface area contributed by atoms with Crippen molar-refractivity contribution in [1.82, 2.24) is 29.6 Å². The first-order valence-electron chi connectivity index (χ1n) is 10.2. The second-order valence-corrected chi connectivity index (χ2v) is 8.85. The van der Waals surface area contributed by atoms with Crippen molar-refractivity contribution < 1.29 is 9.59 Å². The molecular formula is C22H26ClN7O2. The molecule has 0 radical (unpaired) electrons. The Labute approximate surface area is 192 Å². The van der Waals surface area contributed by atoms with Gasteiger partial charge in [-0.3, -0.25) is 29.5 Å². The zero-order valence-corrected chi connectivity index (χ0v) is 19.3. The molecule has 0 N–H and O–H groups in total. The van der Waals surface area contributed by atoms with Crippen molar-refractivity contribution in [3.8, 4) is 0 Å². The molecule has 0 saturated carbocycles. The highest BCUT2D eigenvalue weighted by atomic mass is 35.5. The van der Waals surface area contributed by atoms with Crippen LogP contribution in [0.5, 0.6) is 0 Å². The van der Waals surface area contributed by atoms with Gasteiger partial charge in [0.25, 0.3) is 5.91 Å². The maximum Gasteiger partial charge on any atom is 0.334 e. The van der Waals surface area contributed by atoms with Crippen LogP contribution in [0.15, 0.2) is 53.9 Å². The van der Waals surface area contributed by atoms with Crippen LogP contribution in [0.2, 0.25) is 5.02 Å². The largest absolute Gasteiger partial charge is 0.334 e. The molecule has 2 aliphatic heterocycles. The quantitative estimate of drug-likeness (QED) is 0.665. The van der Waals surface area contributed by atoms with Crippen molar-refractivity contribution in [2.75, 3.05) is 41.5 Å². The zero-order valence-electron chi connectivity index (χ0n) is 18.5. The minimum absolute atomic E-state index is 0.264. The Kier molecular flexibility index (Phi) is 6.14. The summed E-state index contributed by atoms with van der Waals surface area (Å²) in [6, 6.07) is 9.79. The average Bonchev–Trinajstić information content (AvgIpc) is 3.22. The lowest BCUT2D eigenvalue weighted by Gasteiger charge is -2.34. The Morgan fingerprint density at radius 1 is 1.03 bits per heavy atom.